The molecule has 1 heterocycles. The van der Waals surface area contributed by atoms with Gasteiger partial charge in [0.05, 0.1) is 5.41 Å². The molecule has 5 heteroatoms. The summed E-state index contributed by atoms with van der Waals surface area (Å²) >= 11 is 0. The van der Waals surface area contributed by atoms with Gasteiger partial charge in [0.2, 0.25) is 0 Å². The van der Waals surface area contributed by atoms with Gasteiger partial charge in [0.1, 0.15) is 6.61 Å². The fourth-order valence-electron chi connectivity index (χ4n) is 3.78. The Labute approximate surface area is 136 Å². The van der Waals surface area contributed by atoms with Crippen LogP contribution in [0.15, 0.2) is 30.3 Å². The second-order valence-electron chi connectivity index (χ2n) is 6.62. The van der Waals surface area contributed by atoms with Crippen LogP contribution in [-0.4, -0.2) is 35.2 Å². The first-order valence-corrected chi connectivity index (χ1v) is 8.31. The second kappa shape index (κ2) is 6.60. The van der Waals surface area contributed by atoms with Gasteiger partial charge < -0.3 is 14.7 Å². The first-order chi connectivity index (χ1) is 11.1. The highest BCUT2D eigenvalue weighted by Gasteiger charge is 2.51. The van der Waals surface area contributed by atoms with Gasteiger partial charge in [-0.05, 0) is 37.2 Å². The van der Waals surface area contributed by atoms with Crippen LogP contribution >= 0.6 is 0 Å². The molecular formula is C18H23NO4. The van der Waals surface area contributed by atoms with Crippen molar-refractivity contribution in [2.24, 2.45) is 11.3 Å². The largest absolute Gasteiger partial charge is 0.481 e. The lowest BCUT2D eigenvalue weighted by atomic mass is 9.58. The van der Waals surface area contributed by atoms with Gasteiger partial charge in [-0.25, -0.2) is 4.79 Å². The number of rotatable bonds is 4. The molecule has 23 heavy (non-hydrogen) atoms. The van der Waals surface area contributed by atoms with Crippen LogP contribution in [-0.2, 0) is 16.1 Å². The standard InChI is InChI=1S/C18H23NO4/c20-16(21)18(9-4-10-18)15-7-11-19(12-8-15)17(22)23-13-14-5-2-1-3-6-14/h1-3,5-6,15H,4,7-13H2,(H,20,21). The molecule has 0 atom stereocenters. The number of hydrogen-bond acceptors (Lipinski definition) is 3. The van der Waals surface area contributed by atoms with E-state index in [4.69, 9.17) is 4.74 Å². The minimum atomic E-state index is -0.658. The number of carboxylic acid groups (broad SMARTS) is 1. The highest BCUT2D eigenvalue weighted by Crippen LogP contribution is 2.50. The summed E-state index contributed by atoms with van der Waals surface area (Å²) in [6.45, 7) is 1.46. The molecule has 1 amide bonds. The van der Waals surface area contributed by atoms with E-state index in [1.165, 1.54) is 0 Å². The molecule has 1 aromatic rings. The number of ether oxygens (including phenoxy) is 1. The van der Waals surface area contributed by atoms with Crippen molar-refractivity contribution in [3.8, 4) is 0 Å². The fraction of sp³-hybridized carbons (Fsp3) is 0.556. The molecule has 0 radical (unpaired) electrons. The highest BCUT2D eigenvalue weighted by atomic mass is 16.6. The molecule has 2 fully saturated rings. The molecule has 1 aliphatic heterocycles. The van der Waals surface area contributed by atoms with Gasteiger partial charge in [0.25, 0.3) is 0 Å². The molecule has 1 N–H and O–H groups in total. The van der Waals surface area contributed by atoms with Crippen LogP contribution in [0.5, 0.6) is 0 Å². The lowest BCUT2D eigenvalue weighted by molar-refractivity contribution is -0.161. The van der Waals surface area contributed by atoms with E-state index >= 15 is 0 Å². The van der Waals surface area contributed by atoms with Crippen molar-refractivity contribution in [3.63, 3.8) is 0 Å². The normalized spacial score (nSPS) is 20.6. The molecule has 0 spiro atoms. The Morgan fingerprint density at radius 2 is 1.83 bits per heavy atom. The molecule has 0 bridgehead atoms. The number of carbonyl (C=O) groups is 2. The number of aliphatic carboxylic acids is 1. The summed E-state index contributed by atoms with van der Waals surface area (Å²) in [6, 6.07) is 9.60. The van der Waals surface area contributed by atoms with Crippen LogP contribution in [0, 0.1) is 11.3 Å². The average Bonchev–Trinajstić information content (AvgIpc) is 2.53. The van der Waals surface area contributed by atoms with Crippen LogP contribution in [0.1, 0.15) is 37.7 Å². The van der Waals surface area contributed by atoms with Crippen LogP contribution in [0.2, 0.25) is 0 Å². The summed E-state index contributed by atoms with van der Waals surface area (Å²) in [7, 11) is 0. The Hall–Kier alpha value is -2.04. The van der Waals surface area contributed by atoms with E-state index in [0.29, 0.717) is 13.1 Å². The van der Waals surface area contributed by atoms with Gasteiger partial charge in [0.15, 0.2) is 0 Å². The zero-order chi connectivity index (χ0) is 16.3. The minimum Gasteiger partial charge on any atom is -0.481 e. The third kappa shape index (κ3) is 3.19. The molecule has 1 aliphatic carbocycles. The number of piperidine rings is 1. The first-order valence-electron chi connectivity index (χ1n) is 8.31. The number of nitrogens with zero attached hydrogens (tertiary/aromatic N) is 1. The Morgan fingerprint density at radius 1 is 1.17 bits per heavy atom. The van der Waals surface area contributed by atoms with Crippen molar-refractivity contribution in [2.75, 3.05) is 13.1 Å². The summed E-state index contributed by atoms with van der Waals surface area (Å²) in [4.78, 5) is 25.4. The predicted octanol–water partition coefficient (Wildman–Crippen LogP) is 3.29. The van der Waals surface area contributed by atoms with Gasteiger partial charge in [-0.15, -0.1) is 0 Å². The monoisotopic (exact) mass is 317 g/mol. The second-order valence-corrected chi connectivity index (χ2v) is 6.62. The third-order valence-corrected chi connectivity index (χ3v) is 5.41. The van der Waals surface area contributed by atoms with Crippen molar-refractivity contribution in [2.45, 2.75) is 38.7 Å². The van der Waals surface area contributed by atoms with E-state index in [2.05, 4.69) is 0 Å². The number of hydrogen-bond donors (Lipinski definition) is 1. The Kier molecular flexibility index (Phi) is 4.55. The van der Waals surface area contributed by atoms with Gasteiger partial charge in [-0.3, -0.25) is 4.79 Å². The molecule has 1 saturated heterocycles. The lowest BCUT2D eigenvalue weighted by Gasteiger charge is -2.47. The zero-order valence-corrected chi connectivity index (χ0v) is 13.2. The molecule has 124 valence electrons. The van der Waals surface area contributed by atoms with Crippen molar-refractivity contribution in [1.29, 1.82) is 0 Å². The maximum Gasteiger partial charge on any atom is 0.410 e. The van der Waals surface area contributed by atoms with Gasteiger partial charge >= 0.3 is 12.1 Å². The molecule has 0 aromatic heterocycles. The molecule has 3 rings (SSSR count). The maximum absolute atomic E-state index is 12.1. The van der Waals surface area contributed by atoms with Gasteiger partial charge in [0, 0.05) is 13.1 Å². The summed E-state index contributed by atoms with van der Waals surface area (Å²) in [5, 5.41) is 9.52. The predicted molar refractivity (Wildman–Crippen MR) is 84.8 cm³/mol. The van der Waals surface area contributed by atoms with Crippen LogP contribution in [0.3, 0.4) is 0 Å². The highest BCUT2D eigenvalue weighted by molar-refractivity contribution is 5.76. The number of carboxylic acids is 1. The third-order valence-electron chi connectivity index (χ3n) is 5.41. The lowest BCUT2D eigenvalue weighted by Crippen LogP contribution is -2.50. The quantitative estimate of drug-likeness (QED) is 0.925. The summed E-state index contributed by atoms with van der Waals surface area (Å²) < 4.78 is 5.35. The summed E-state index contributed by atoms with van der Waals surface area (Å²) in [6.07, 6.45) is 3.78. The van der Waals surface area contributed by atoms with E-state index in [9.17, 15) is 14.7 Å². The van der Waals surface area contributed by atoms with Crippen molar-refractivity contribution >= 4 is 12.1 Å². The van der Waals surface area contributed by atoms with Crippen LogP contribution in [0.25, 0.3) is 0 Å². The average molecular weight is 317 g/mol. The van der Waals surface area contributed by atoms with E-state index in [-0.39, 0.29) is 18.6 Å². The Balaban J connectivity index is 1.49. The maximum atomic E-state index is 12.1. The fourth-order valence-corrected chi connectivity index (χ4v) is 3.78. The van der Waals surface area contributed by atoms with Gasteiger partial charge in [-0.2, -0.15) is 0 Å². The molecule has 2 aliphatic rings. The molecule has 5 nitrogen and oxygen atoms in total. The van der Waals surface area contributed by atoms with Crippen LogP contribution < -0.4 is 0 Å². The number of amides is 1. The van der Waals surface area contributed by atoms with E-state index < -0.39 is 11.4 Å². The first kappa shape index (κ1) is 15.8. The van der Waals surface area contributed by atoms with Crippen molar-refractivity contribution in [3.05, 3.63) is 35.9 Å². The SMILES string of the molecule is O=C(OCc1ccccc1)N1CCC(C2(C(=O)O)CCC2)CC1. The van der Waals surface area contributed by atoms with E-state index in [1.807, 2.05) is 30.3 Å². The molecule has 0 unspecified atom stereocenters. The smallest absolute Gasteiger partial charge is 0.410 e. The number of likely N-dealkylation sites (tertiary alicyclic amines) is 1. The molecule has 1 saturated carbocycles. The summed E-state index contributed by atoms with van der Waals surface area (Å²) in [5.74, 6) is -0.472. The van der Waals surface area contributed by atoms with Crippen molar-refractivity contribution < 1.29 is 19.4 Å². The van der Waals surface area contributed by atoms with Crippen LogP contribution in [0.4, 0.5) is 4.79 Å². The number of benzene rings is 1. The number of carbonyl (C=O) groups excluding carboxylic acids is 1. The Morgan fingerprint density at radius 3 is 2.35 bits per heavy atom. The zero-order valence-electron chi connectivity index (χ0n) is 13.2. The van der Waals surface area contributed by atoms with E-state index in [0.717, 1.165) is 37.7 Å². The summed E-state index contributed by atoms with van der Waals surface area (Å²) in [5.41, 5.74) is 0.440. The molecule has 1 aromatic carbocycles. The van der Waals surface area contributed by atoms with Gasteiger partial charge in [-0.1, -0.05) is 36.8 Å². The minimum absolute atomic E-state index is 0.187. The Bertz CT molecular complexity index is 560. The van der Waals surface area contributed by atoms with E-state index in [1.54, 1.807) is 4.90 Å². The van der Waals surface area contributed by atoms with Crippen molar-refractivity contribution in [1.82, 2.24) is 4.90 Å². The topological polar surface area (TPSA) is 66.8 Å². The molecular weight excluding hydrogens is 294 g/mol.